The van der Waals surface area contributed by atoms with Crippen LogP contribution in [0.1, 0.15) is 11.1 Å². The molecule has 1 heterocycles. The minimum absolute atomic E-state index is 0.0841. The van der Waals surface area contributed by atoms with Gasteiger partial charge in [-0.2, -0.15) is 26.3 Å². The quantitative estimate of drug-likeness (QED) is 0.742. The van der Waals surface area contributed by atoms with Crippen molar-refractivity contribution in [2.24, 2.45) is 0 Å². The van der Waals surface area contributed by atoms with E-state index in [-0.39, 0.29) is 5.56 Å². The van der Waals surface area contributed by atoms with Crippen LogP contribution in [0.3, 0.4) is 0 Å². The van der Waals surface area contributed by atoms with Gasteiger partial charge in [0.05, 0.1) is 18.4 Å². The predicted octanol–water partition coefficient (Wildman–Crippen LogP) is 4.79. The Morgan fingerprint density at radius 2 is 1.45 bits per heavy atom. The summed E-state index contributed by atoms with van der Waals surface area (Å²) >= 11 is 0. The van der Waals surface area contributed by atoms with Gasteiger partial charge in [-0.15, -0.1) is 0 Å². The fraction of sp³-hybridized carbons (Fsp3) is 0.214. The van der Waals surface area contributed by atoms with E-state index in [4.69, 9.17) is 0 Å². The number of aromatic nitrogens is 1. The van der Waals surface area contributed by atoms with Crippen molar-refractivity contribution in [1.29, 1.82) is 0 Å². The van der Waals surface area contributed by atoms with E-state index in [9.17, 15) is 26.3 Å². The van der Waals surface area contributed by atoms with E-state index in [1.165, 1.54) is 0 Å². The SMILES string of the molecule is COc1ccnc(-c2ccc(C(F)(F)F)cc2)c1C(F)(F)F. The highest BCUT2D eigenvalue weighted by atomic mass is 19.4. The Morgan fingerprint density at radius 1 is 0.864 bits per heavy atom. The van der Waals surface area contributed by atoms with E-state index >= 15 is 0 Å². The molecule has 2 aromatic rings. The second kappa shape index (κ2) is 5.51. The minimum atomic E-state index is -4.75. The Labute approximate surface area is 121 Å². The van der Waals surface area contributed by atoms with Crippen molar-refractivity contribution in [2.75, 3.05) is 7.11 Å². The first-order chi connectivity index (χ1) is 10.1. The first-order valence-electron chi connectivity index (χ1n) is 5.92. The van der Waals surface area contributed by atoms with Crippen LogP contribution in [0.2, 0.25) is 0 Å². The molecule has 8 heteroatoms. The molecule has 0 N–H and O–H groups in total. The Kier molecular flexibility index (Phi) is 4.04. The fourth-order valence-electron chi connectivity index (χ4n) is 1.92. The van der Waals surface area contributed by atoms with Gasteiger partial charge < -0.3 is 4.74 Å². The standard InChI is InChI=1S/C14H9F6NO/c1-22-10-6-7-21-12(11(10)14(18,19)20)8-2-4-9(5-3-8)13(15,16)17/h2-7H,1H3. The normalized spacial score (nSPS) is 12.3. The molecule has 1 aromatic carbocycles. The third kappa shape index (κ3) is 3.15. The molecule has 2 nitrogen and oxygen atoms in total. The van der Waals surface area contributed by atoms with E-state index in [1.807, 2.05) is 0 Å². The largest absolute Gasteiger partial charge is 0.496 e. The van der Waals surface area contributed by atoms with Crippen molar-refractivity contribution in [3.63, 3.8) is 0 Å². The van der Waals surface area contributed by atoms with Crippen LogP contribution in [0, 0.1) is 0 Å². The molecular formula is C14H9F6NO. The van der Waals surface area contributed by atoms with Crippen molar-refractivity contribution in [3.8, 4) is 17.0 Å². The van der Waals surface area contributed by atoms with Crippen LogP contribution in [-0.2, 0) is 12.4 Å². The topological polar surface area (TPSA) is 22.1 Å². The zero-order valence-electron chi connectivity index (χ0n) is 11.1. The molecule has 22 heavy (non-hydrogen) atoms. The first-order valence-corrected chi connectivity index (χ1v) is 5.92. The Morgan fingerprint density at radius 3 is 1.91 bits per heavy atom. The molecule has 0 bridgehead atoms. The zero-order valence-corrected chi connectivity index (χ0v) is 11.1. The number of halogens is 6. The molecule has 0 aliphatic heterocycles. The van der Waals surface area contributed by atoms with Crippen LogP contribution in [0.25, 0.3) is 11.3 Å². The fourth-order valence-corrected chi connectivity index (χ4v) is 1.92. The maximum absolute atomic E-state index is 13.2. The van der Waals surface area contributed by atoms with Gasteiger partial charge in [-0.1, -0.05) is 12.1 Å². The Hall–Kier alpha value is -2.25. The zero-order chi connectivity index (χ0) is 16.5. The smallest absolute Gasteiger partial charge is 0.422 e. The Bertz CT molecular complexity index is 661. The lowest BCUT2D eigenvalue weighted by atomic mass is 10.0. The monoisotopic (exact) mass is 321 g/mol. The number of ether oxygens (including phenoxy) is 1. The molecule has 0 aliphatic carbocycles. The van der Waals surface area contributed by atoms with Crippen LogP contribution in [-0.4, -0.2) is 12.1 Å². The predicted molar refractivity (Wildman–Crippen MR) is 66.2 cm³/mol. The number of benzene rings is 1. The van der Waals surface area contributed by atoms with Crippen LogP contribution < -0.4 is 4.74 Å². The maximum Gasteiger partial charge on any atom is 0.422 e. The van der Waals surface area contributed by atoms with Crippen LogP contribution >= 0.6 is 0 Å². The second-order valence-corrected chi connectivity index (χ2v) is 4.31. The molecule has 0 atom stereocenters. The van der Waals surface area contributed by atoms with Gasteiger partial charge in [0.2, 0.25) is 0 Å². The van der Waals surface area contributed by atoms with E-state index < -0.39 is 34.9 Å². The minimum Gasteiger partial charge on any atom is -0.496 e. The molecule has 0 saturated heterocycles. The summed E-state index contributed by atoms with van der Waals surface area (Å²) in [6.07, 6.45) is -8.22. The van der Waals surface area contributed by atoms with E-state index in [1.54, 1.807) is 0 Å². The van der Waals surface area contributed by atoms with Crippen molar-refractivity contribution < 1.29 is 31.1 Å². The van der Waals surface area contributed by atoms with Gasteiger partial charge in [-0.3, -0.25) is 4.98 Å². The number of nitrogens with zero attached hydrogens (tertiary/aromatic N) is 1. The highest BCUT2D eigenvalue weighted by molar-refractivity contribution is 5.67. The molecule has 0 radical (unpaired) electrons. The molecule has 2 rings (SSSR count). The number of hydrogen-bond acceptors (Lipinski definition) is 2. The molecular weight excluding hydrogens is 312 g/mol. The summed E-state index contributed by atoms with van der Waals surface area (Å²) in [5, 5.41) is 0. The number of pyridine rings is 1. The molecule has 1 aromatic heterocycles. The van der Waals surface area contributed by atoms with Gasteiger partial charge in [0.1, 0.15) is 11.3 Å². The van der Waals surface area contributed by atoms with Crippen LogP contribution in [0.4, 0.5) is 26.3 Å². The van der Waals surface area contributed by atoms with Gasteiger partial charge in [-0.25, -0.2) is 0 Å². The van der Waals surface area contributed by atoms with E-state index in [2.05, 4.69) is 9.72 Å². The second-order valence-electron chi connectivity index (χ2n) is 4.31. The number of methoxy groups -OCH3 is 1. The summed E-state index contributed by atoms with van der Waals surface area (Å²) < 4.78 is 81.6. The molecule has 0 amide bonds. The van der Waals surface area contributed by atoms with Crippen molar-refractivity contribution in [3.05, 3.63) is 47.7 Å². The molecule has 0 unspecified atom stereocenters. The van der Waals surface area contributed by atoms with Gasteiger partial charge in [0.15, 0.2) is 0 Å². The number of hydrogen-bond donors (Lipinski definition) is 0. The van der Waals surface area contributed by atoms with Crippen molar-refractivity contribution >= 4 is 0 Å². The van der Waals surface area contributed by atoms with Crippen LogP contribution in [0.15, 0.2) is 36.5 Å². The van der Waals surface area contributed by atoms with Crippen molar-refractivity contribution in [1.82, 2.24) is 4.98 Å². The third-order valence-corrected chi connectivity index (χ3v) is 2.90. The highest BCUT2D eigenvalue weighted by Crippen LogP contribution is 2.42. The number of rotatable bonds is 2. The molecule has 118 valence electrons. The summed E-state index contributed by atoms with van der Waals surface area (Å²) in [6, 6.07) is 4.34. The van der Waals surface area contributed by atoms with Crippen molar-refractivity contribution in [2.45, 2.75) is 12.4 Å². The lowest BCUT2D eigenvalue weighted by molar-refractivity contribution is -0.139. The van der Waals surface area contributed by atoms with E-state index in [0.717, 1.165) is 31.5 Å². The maximum atomic E-state index is 13.2. The van der Waals surface area contributed by atoms with Gasteiger partial charge in [-0.05, 0) is 18.2 Å². The summed E-state index contributed by atoms with van der Waals surface area (Å²) in [7, 11) is 1.07. The summed E-state index contributed by atoms with van der Waals surface area (Å²) in [4.78, 5) is 3.63. The first kappa shape index (κ1) is 16.1. The van der Waals surface area contributed by atoms with Crippen LogP contribution in [0.5, 0.6) is 5.75 Å². The van der Waals surface area contributed by atoms with Gasteiger partial charge in [0, 0.05) is 11.8 Å². The average Bonchev–Trinajstić information content (AvgIpc) is 2.44. The summed E-state index contributed by atoms with van der Waals surface area (Å²) in [5.41, 5.74) is -2.65. The summed E-state index contributed by atoms with van der Waals surface area (Å²) in [6.45, 7) is 0. The molecule has 0 aliphatic rings. The van der Waals surface area contributed by atoms with Gasteiger partial charge >= 0.3 is 12.4 Å². The molecule has 0 fully saturated rings. The average molecular weight is 321 g/mol. The lowest BCUT2D eigenvalue weighted by Crippen LogP contribution is -2.11. The lowest BCUT2D eigenvalue weighted by Gasteiger charge is -2.16. The summed E-state index contributed by atoms with van der Waals surface area (Å²) in [5.74, 6) is -0.447. The third-order valence-electron chi connectivity index (χ3n) is 2.90. The number of alkyl halides is 6. The molecule has 0 spiro atoms. The van der Waals surface area contributed by atoms with E-state index in [0.29, 0.717) is 12.1 Å². The highest BCUT2D eigenvalue weighted by Gasteiger charge is 2.38. The Balaban J connectivity index is 2.58. The van der Waals surface area contributed by atoms with Gasteiger partial charge in [0.25, 0.3) is 0 Å². The molecule has 0 saturated carbocycles.